The highest BCUT2D eigenvalue weighted by Crippen LogP contribution is 2.41. The Bertz CT molecular complexity index is 1200. The van der Waals surface area contributed by atoms with Crippen molar-refractivity contribution in [2.24, 2.45) is 17.8 Å². The van der Waals surface area contributed by atoms with E-state index >= 15 is 0 Å². The van der Waals surface area contributed by atoms with Crippen LogP contribution < -0.4 is 10.6 Å². The van der Waals surface area contributed by atoms with E-state index in [0.29, 0.717) is 35.7 Å². The number of aromatic amines is 1. The van der Waals surface area contributed by atoms with Crippen molar-refractivity contribution < 1.29 is 24.3 Å². The molecule has 2 aromatic rings. The first-order valence-electron chi connectivity index (χ1n) is 12.7. The predicted molar refractivity (Wildman–Crippen MR) is 133 cm³/mol. The molecule has 1 aliphatic carbocycles. The minimum Gasteiger partial charge on any atom is -0.480 e. The molecule has 3 heterocycles. The summed E-state index contributed by atoms with van der Waals surface area (Å²) in [4.78, 5) is 56.2. The number of fused-ring (bicyclic) bond motifs is 2. The molecule has 192 valence electrons. The summed E-state index contributed by atoms with van der Waals surface area (Å²) in [5.41, 5.74) is 1.01. The second-order valence-corrected chi connectivity index (χ2v) is 10.7. The van der Waals surface area contributed by atoms with Crippen LogP contribution in [0.25, 0.3) is 10.9 Å². The van der Waals surface area contributed by atoms with Crippen LogP contribution >= 0.6 is 11.6 Å². The van der Waals surface area contributed by atoms with Gasteiger partial charge in [-0.05, 0) is 56.1 Å². The molecule has 0 radical (unpaired) electrons. The number of hydrogen-bond acceptors (Lipinski definition) is 4. The molecule has 5 atom stereocenters. The van der Waals surface area contributed by atoms with Crippen molar-refractivity contribution >= 4 is 46.2 Å². The molecule has 5 rings (SSSR count). The zero-order valence-corrected chi connectivity index (χ0v) is 20.7. The number of nitrogens with zero attached hydrogens (tertiary/aromatic N) is 1. The van der Waals surface area contributed by atoms with Crippen LogP contribution in [0.3, 0.4) is 0 Å². The Balaban J connectivity index is 1.39. The molecule has 9 nitrogen and oxygen atoms in total. The fourth-order valence-corrected chi connectivity index (χ4v) is 6.46. The zero-order chi connectivity index (χ0) is 25.4. The summed E-state index contributed by atoms with van der Waals surface area (Å²) in [7, 11) is 0. The molecule has 36 heavy (non-hydrogen) atoms. The number of amides is 3. The number of carboxylic acids is 1. The number of rotatable bonds is 6. The number of para-hydroxylation sites is 1. The standard InChI is InChI=1S/C26H31ClN4O5/c27-18-9-3-6-14-11-19(29-21(14)18)25(34)31-13-16-5-1-2-8-17(16)22(31)24(33)30-20(26(35)36)12-15-7-4-10-28-23(15)32/h3,6,9,11,15-17,20,22,29H,1-2,4-5,7-8,10,12-13H2,(H,28,32)(H,30,33)(H,35,36)/t15-,16-,17-,20?,22-/m0/s1. The van der Waals surface area contributed by atoms with Gasteiger partial charge in [0.1, 0.15) is 17.8 Å². The largest absolute Gasteiger partial charge is 0.480 e. The molecule has 3 aliphatic rings. The number of benzene rings is 1. The maximum absolute atomic E-state index is 13.7. The van der Waals surface area contributed by atoms with Gasteiger partial charge in [-0.25, -0.2) is 4.79 Å². The Morgan fingerprint density at radius 3 is 2.72 bits per heavy atom. The molecule has 3 fully saturated rings. The number of halogens is 1. The summed E-state index contributed by atoms with van der Waals surface area (Å²) in [6, 6.07) is 5.20. The van der Waals surface area contributed by atoms with E-state index in [1.54, 1.807) is 17.0 Å². The SMILES string of the molecule is O=C(O)C(C[C@@H]1CCCNC1=O)NC(=O)[C@@H]1[C@H]2CCCC[C@H]2CN1C(=O)c1cc2cccc(Cl)c2[nH]1. The Kier molecular flexibility index (Phi) is 6.92. The van der Waals surface area contributed by atoms with Crippen LogP contribution in [0.4, 0.5) is 0 Å². The maximum atomic E-state index is 13.7. The topological polar surface area (TPSA) is 132 Å². The molecular weight excluding hydrogens is 484 g/mol. The van der Waals surface area contributed by atoms with Crippen molar-refractivity contribution in [2.75, 3.05) is 13.1 Å². The van der Waals surface area contributed by atoms with Crippen LogP contribution in [-0.2, 0) is 14.4 Å². The molecule has 1 aromatic carbocycles. The summed E-state index contributed by atoms with van der Waals surface area (Å²) < 4.78 is 0. The summed E-state index contributed by atoms with van der Waals surface area (Å²) in [5.74, 6) is -2.40. The minimum atomic E-state index is -1.20. The monoisotopic (exact) mass is 514 g/mol. The first-order chi connectivity index (χ1) is 17.3. The summed E-state index contributed by atoms with van der Waals surface area (Å²) in [6.07, 6.45) is 5.16. The number of piperidine rings is 1. The van der Waals surface area contributed by atoms with E-state index in [0.717, 1.165) is 37.5 Å². The van der Waals surface area contributed by atoms with Crippen molar-refractivity contribution in [3.63, 3.8) is 0 Å². The van der Waals surface area contributed by atoms with Crippen molar-refractivity contribution in [1.29, 1.82) is 0 Å². The first-order valence-corrected chi connectivity index (χ1v) is 13.1. The number of aliphatic carboxylic acids is 1. The van der Waals surface area contributed by atoms with Gasteiger partial charge in [0.2, 0.25) is 11.8 Å². The third-order valence-corrected chi connectivity index (χ3v) is 8.35. The van der Waals surface area contributed by atoms with E-state index in [9.17, 15) is 24.3 Å². The summed E-state index contributed by atoms with van der Waals surface area (Å²) >= 11 is 6.29. The Morgan fingerprint density at radius 2 is 1.97 bits per heavy atom. The normalized spacial score (nSPS) is 26.8. The van der Waals surface area contributed by atoms with Gasteiger partial charge in [-0.15, -0.1) is 0 Å². The summed E-state index contributed by atoms with van der Waals surface area (Å²) in [6.45, 7) is 1.04. The van der Waals surface area contributed by atoms with E-state index in [1.165, 1.54) is 0 Å². The van der Waals surface area contributed by atoms with Crippen molar-refractivity contribution in [2.45, 2.75) is 57.0 Å². The first kappa shape index (κ1) is 24.6. The molecular formula is C26H31ClN4O5. The second kappa shape index (κ2) is 10.1. The summed E-state index contributed by atoms with van der Waals surface area (Å²) in [5, 5.41) is 16.6. The molecule has 1 unspecified atom stereocenters. The lowest BCUT2D eigenvalue weighted by atomic mass is 9.78. The molecule has 2 aliphatic heterocycles. The van der Waals surface area contributed by atoms with Crippen LogP contribution in [0.15, 0.2) is 24.3 Å². The number of H-pyrrole nitrogens is 1. The van der Waals surface area contributed by atoms with Crippen molar-refractivity contribution in [3.8, 4) is 0 Å². The van der Waals surface area contributed by atoms with Crippen molar-refractivity contribution in [3.05, 3.63) is 35.0 Å². The zero-order valence-electron chi connectivity index (χ0n) is 20.0. The van der Waals surface area contributed by atoms with Crippen LogP contribution in [0, 0.1) is 17.8 Å². The molecule has 4 N–H and O–H groups in total. The molecule has 1 aromatic heterocycles. The fourth-order valence-electron chi connectivity index (χ4n) is 6.23. The molecule has 2 saturated heterocycles. The van der Waals surface area contributed by atoms with E-state index in [1.807, 2.05) is 12.1 Å². The van der Waals surface area contributed by atoms with Gasteiger partial charge in [-0.3, -0.25) is 14.4 Å². The molecule has 0 bridgehead atoms. The van der Waals surface area contributed by atoms with Gasteiger partial charge in [-0.1, -0.05) is 36.6 Å². The number of nitrogens with one attached hydrogen (secondary N) is 3. The number of carboxylic acid groups (broad SMARTS) is 1. The number of hydrogen-bond donors (Lipinski definition) is 4. The Labute approximate surface area is 213 Å². The molecule has 0 spiro atoms. The maximum Gasteiger partial charge on any atom is 0.326 e. The third kappa shape index (κ3) is 4.68. The van der Waals surface area contributed by atoms with Crippen molar-refractivity contribution in [1.82, 2.24) is 20.5 Å². The van der Waals surface area contributed by atoms with E-state index in [-0.39, 0.29) is 30.1 Å². The van der Waals surface area contributed by atoms with E-state index in [4.69, 9.17) is 11.6 Å². The quantitative estimate of drug-likeness (QED) is 0.470. The van der Waals surface area contributed by atoms with Gasteiger partial charge >= 0.3 is 5.97 Å². The average molecular weight is 515 g/mol. The second-order valence-electron chi connectivity index (χ2n) is 10.3. The Hall–Kier alpha value is -3.07. The van der Waals surface area contributed by atoms with Crippen LogP contribution in [0.5, 0.6) is 0 Å². The lowest BCUT2D eigenvalue weighted by molar-refractivity contribution is -0.143. The fraction of sp³-hybridized carbons (Fsp3) is 0.538. The van der Waals surface area contributed by atoms with Crippen LogP contribution in [0.1, 0.15) is 55.4 Å². The number of carbonyl (C=O) groups excluding carboxylic acids is 3. The number of carbonyl (C=O) groups is 4. The number of likely N-dealkylation sites (tertiary alicyclic amines) is 1. The predicted octanol–water partition coefficient (Wildman–Crippen LogP) is 2.94. The molecule has 3 amide bonds. The minimum absolute atomic E-state index is 0.0249. The van der Waals surface area contributed by atoms with Gasteiger partial charge in [0.15, 0.2) is 0 Å². The molecule has 1 saturated carbocycles. The highest BCUT2D eigenvalue weighted by molar-refractivity contribution is 6.35. The average Bonchev–Trinajstić information content (AvgIpc) is 3.47. The Morgan fingerprint density at radius 1 is 1.17 bits per heavy atom. The number of aromatic nitrogens is 1. The third-order valence-electron chi connectivity index (χ3n) is 8.04. The highest BCUT2D eigenvalue weighted by Gasteiger charge is 2.49. The van der Waals surface area contributed by atoms with Crippen LogP contribution in [-0.4, -0.2) is 63.9 Å². The van der Waals surface area contributed by atoms with Gasteiger partial charge in [-0.2, -0.15) is 0 Å². The van der Waals surface area contributed by atoms with E-state index in [2.05, 4.69) is 15.6 Å². The lowest BCUT2D eigenvalue weighted by Gasteiger charge is -2.31. The van der Waals surface area contributed by atoms with E-state index < -0.39 is 29.9 Å². The van der Waals surface area contributed by atoms with Crippen LogP contribution in [0.2, 0.25) is 5.02 Å². The van der Waals surface area contributed by atoms with Gasteiger partial charge < -0.3 is 25.6 Å². The van der Waals surface area contributed by atoms with Gasteiger partial charge in [0.05, 0.1) is 10.5 Å². The smallest absolute Gasteiger partial charge is 0.326 e. The van der Waals surface area contributed by atoms with Gasteiger partial charge in [0.25, 0.3) is 5.91 Å². The highest BCUT2D eigenvalue weighted by atomic mass is 35.5. The molecule has 10 heteroatoms. The van der Waals surface area contributed by atoms with Gasteiger partial charge in [0, 0.05) is 24.4 Å². The lowest BCUT2D eigenvalue weighted by Crippen LogP contribution is -2.54.